The minimum Gasteiger partial charge on any atom is -0.461 e. The van der Waals surface area contributed by atoms with Gasteiger partial charge in [0.1, 0.15) is 11.5 Å². The molecule has 0 bridgehead atoms. The zero-order valence-corrected chi connectivity index (χ0v) is 21.8. The number of rotatable bonds is 5. The summed E-state index contributed by atoms with van der Waals surface area (Å²) in [4.78, 5) is 56.0. The van der Waals surface area contributed by atoms with Crippen LogP contribution in [-0.4, -0.2) is 34.5 Å². The first-order valence-electron chi connectivity index (χ1n) is 13.2. The maximum atomic E-state index is 14.6. The van der Waals surface area contributed by atoms with E-state index in [1.165, 1.54) is 36.6 Å². The summed E-state index contributed by atoms with van der Waals surface area (Å²) in [5, 5.41) is 14.3. The number of allylic oxidation sites excluding steroid dienone is 1. The fourth-order valence-electron chi connectivity index (χ4n) is 6.88. The zero-order valence-electron chi connectivity index (χ0n) is 21.8. The Labute approximate surface area is 234 Å². The van der Waals surface area contributed by atoms with E-state index in [0.717, 1.165) is 16.8 Å². The van der Waals surface area contributed by atoms with Crippen molar-refractivity contribution in [2.45, 2.75) is 24.4 Å². The molecule has 3 aliphatic rings. The van der Waals surface area contributed by atoms with Gasteiger partial charge in [-0.1, -0.05) is 42.5 Å². The van der Waals surface area contributed by atoms with Gasteiger partial charge in [-0.15, -0.1) is 0 Å². The number of non-ortho nitro benzene ring substituents is 1. The number of fused-ring (bicyclic) bond motifs is 6. The van der Waals surface area contributed by atoms with Crippen LogP contribution in [0.2, 0.25) is 0 Å². The molecule has 1 N–H and O–H groups in total. The summed E-state index contributed by atoms with van der Waals surface area (Å²) in [6.07, 6.45) is 3.35. The molecule has 41 heavy (non-hydrogen) atoms. The number of ketones is 2. The number of amides is 1. The Kier molecular flexibility index (Phi) is 5.34. The van der Waals surface area contributed by atoms with Crippen LogP contribution in [0.4, 0.5) is 17.1 Å². The molecule has 202 valence electrons. The van der Waals surface area contributed by atoms with Gasteiger partial charge in [0.25, 0.3) is 5.69 Å². The molecule has 0 radical (unpaired) electrons. The van der Waals surface area contributed by atoms with Crippen molar-refractivity contribution in [1.82, 2.24) is 0 Å². The fraction of sp³-hybridized carbons (Fsp3) is 0.156. The van der Waals surface area contributed by atoms with Crippen molar-refractivity contribution in [3.63, 3.8) is 0 Å². The topological polar surface area (TPSA) is 123 Å². The Morgan fingerprint density at radius 1 is 0.951 bits per heavy atom. The summed E-state index contributed by atoms with van der Waals surface area (Å²) in [5.41, 5.74) is 2.33. The van der Waals surface area contributed by atoms with Crippen LogP contribution in [0, 0.1) is 16.0 Å². The van der Waals surface area contributed by atoms with Gasteiger partial charge in [0, 0.05) is 34.6 Å². The van der Waals surface area contributed by atoms with Crippen molar-refractivity contribution >= 4 is 40.1 Å². The highest BCUT2D eigenvalue weighted by Crippen LogP contribution is 2.58. The quantitative estimate of drug-likeness (QED) is 0.201. The monoisotopic (exact) mass is 545 g/mol. The summed E-state index contributed by atoms with van der Waals surface area (Å²) in [6.45, 7) is 1.96. The second kappa shape index (κ2) is 8.85. The van der Waals surface area contributed by atoms with E-state index >= 15 is 0 Å². The number of nitrogens with zero attached hydrogens (tertiary/aromatic N) is 2. The Bertz CT molecular complexity index is 1790. The molecule has 9 nitrogen and oxygen atoms in total. The summed E-state index contributed by atoms with van der Waals surface area (Å²) in [6, 6.07) is 21.5. The van der Waals surface area contributed by atoms with Crippen molar-refractivity contribution < 1.29 is 23.7 Å². The van der Waals surface area contributed by atoms with Crippen molar-refractivity contribution in [3.05, 3.63) is 130 Å². The van der Waals surface area contributed by atoms with Gasteiger partial charge in [0.05, 0.1) is 23.1 Å². The van der Waals surface area contributed by atoms with E-state index in [2.05, 4.69) is 5.32 Å². The van der Waals surface area contributed by atoms with Crippen LogP contribution in [0.25, 0.3) is 5.57 Å². The molecule has 3 aromatic carbocycles. The summed E-state index contributed by atoms with van der Waals surface area (Å²) >= 11 is 0. The molecule has 0 saturated carbocycles. The third-order valence-electron chi connectivity index (χ3n) is 8.56. The third-order valence-corrected chi connectivity index (χ3v) is 8.56. The molecule has 0 unspecified atom stereocenters. The van der Waals surface area contributed by atoms with Crippen LogP contribution in [0.1, 0.15) is 39.0 Å². The van der Waals surface area contributed by atoms with E-state index in [-0.39, 0.29) is 22.9 Å². The van der Waals surface area contributed by atoms with E-state index in [1.807, 2.05) is 60.4 Å². The first-order valence-corrected chi connectivity index (χ1v) is 13.2. The molecule has 4 aromatic rings. The van der Waals surface area contributed by atoms with Gasteiger partial charge in [-0.25, -0.2) is 0 Å². The average Bonchev–Trinajstić information content (AvgIpc) is 3.70. The predicted octanol–water partition coefficient (Wildman–Crippen LogP) is 5.43. The van der Waals surface area contributed by atoms with Gasteiger partial charge in [-0.05, 0) is 54.5 Å². The molecule has 0 aliphatic carbocycles. The lowest BCUT2D eigenvalue weighted by Crippen LogP contribution is -2.51. The molecule has 1 saturated heterocycles. The molecular formula is C32H23N3O6. The van der Waals surface area contributed by atoms with Crippen molar-refractivity contribution in [2.24, 2.45) is 5.92 Å². The van der Waals surface area contributed by atoms with Crippen LogP contribution in [0.15, 0.2) is 102 Å². The minimum absolute atomic E-state index is 0.0434. The molecule has 1 spiro atoms. The molecular weight excluding hydrogens is 522 g/mol. The molecule has 7 rings (SSSR count). The lowest BCUT2D eigenvalue weighted by molar-refractivity contribution is -0.384. The Balaban J connectivity index is 1.53. The van der Waals surface area contributed by atoms with Crippen LogP contribution in [0.3, 0.4) is 0 Å². The van der Waals surface area contributed by atoms with E-state index < -0.39 is 39.9 Å². The number of nitro groups is 1. The second-order valence-corrected chi connectivity index (χ2v) is 10.5. The maximum absolute atomic E-state index is 14.6. The number of hydrogen-bond donors (Lipinski definition) is 1. The van der Waals surface area contributed by atoms with E-state index in [0.29, 0.717) is 11.3 Å². The molecule has 9 heteroatoms. The number of Topliss-reactive ketones (excluding diaryl/α,β-unsaturated/α-hetero) is 2. The Morgan fingerprint density at radius 2 is 1.68 bits per heavy atom. The smallest absolute Gasteiger partial charge is 0.269 e. The minimum atomic E-state index is -1.46. The molecule has 4 heterocycles. The maximum Gasteiger partial charge on any atom is 0.269 e. The van der Waals surface area contributed by atoms with Crippen LogP contribution >= 0.6 is 0 Å². The highest BCUT2D eigenvalue weighted by Gasteiger charge is 2.70. The highest BCUT2D eigenvalue weighted by molar-refractivity contribution is 6.18. The summed E-state index contributed by atoms with van der Waals surface area (Å²) in [7, 11) is 0. The standard InChI is InChI=1S/C32H23N3O6/c1-18-17-26-32(22-8-3-4-9-23(22)33-31(32)38)27(30(37)25-11-6-16-41-25)28(34(26)24-10-5-2-7-21(18)24)29(36)19-12-14-20(15-13-19)35(39)40/h2-17,26-28H,1H3,(H,33,38)/t26-,27+,28+,32-/m0/s1. The highest BCUT2D eigenvalue weighted by atomic mass is 16.6. The van der Waals surface area contributed by atoms with Gasteiger partial charge in [0.2, 0.25) is 11.7 Å². The lowest BCUT2D eigenvalue weighted by Gasteiger charge is -2.39. The van der Waals surface area contributed by atoms with Crippen molar-refractivity contribution in [2.75, 3.05) is 10.2 Å². The van der Waals surface area contributed by atoms with E-state index in [1.54, 1.807) is 12.1 Å². The SMILES string of the molecule is CC1=C[C@@H]2N(c3ccccc31)[C@@H](C(=O)c1ccc([N+](=O)[O-])cc1)[C@H](C(=O)c1ccco1)[C@@]21C(=O)Nc2ccccc21. The number of nitro benzene ring substituents is 1. The Hall–Kier alpha value is -5.31. The molecule has 3 aliphatic heterocycles. The van der Waals surface area contributed by atoms with E-state index in [9.17, 15) is 24.5 Å². The molecule has 1 aromatic heterocycles. The zero-order chi connectivity index (χ0) is 28.5. The Morgan fingerprint density at radius 3 is 2.41 bits per heavy atom. The van der Waals surface area contributed by atoms with Gasteiger partial charge >= 0.3 is 0 Å². The second-order valence-electron chi connectivity index (χ2n) is 10.5. The van der Waals surface area contributed by atoms with Gasteiger partial charge < -0.3 is 14.6 Å². The lowest BCUT2D eigenvalue weighted by atomic mass is 9.64. The first kappa shape index (κ1) is 24.7. The molecule has 1 amide bonds. The van der Waals surface area contributed by atoms with Gasteiger partial charge in [-0.2, -0.15) is 0 Å². The largest absolute Gasteiger partial charge is 0.461 e. The number of para-hydroxylation sites is 2. The van der Waals surface area contributed by atoms with Crippen molar-refractivity contribution in [3.8, 4) is 0 Å². The van der Waals surface area contributed by atoms with Crippen LogP contribution in [0.5, 0.6) is 0 Å². The van der Waals surface area contributed by atoms with Crippen molar-refractivity contribution in [1.29, 1.82) is 0 Å². The number of hydrogen-bond acceptors (Lipinski definition) is 7. The predicted molar refractivity (Wildman–Crippen MR) is 151 cm³/mol. The summed E-state index contributed by atoms with van der Waals surface area (Å²) in [5.74, 6) is -2.41. The number of nitrogens with one attached hydrogen (secondary N) is 1. The van der Waals surface area contributed by atoms with Gasteiger partial charge in [-0.3, -0.25) is 24.5 Å². The fourth-order valence-corrected chi connectivity index (χ4v) is 6.88. The van der Waals surface area contributed by atoms with Crippen LogP contribution < -0.4 is 10.2 Å². The normalized spacial score (nSPS) is 23.8. The van der Waals surface area contributed by atoms with Crippen LogP contribution in [-0.2, 0) is 10.2 Å². The first-order chi connectivity index (χ1) is 19.8. The number of furan rings is 1. The van der Waals surface area contributed by atoms with E-state index in [4.69, 9.17) is 4.42 Å². The number of carbonyl (C=O) groups is 3. The molecule has 1 fully saturated rings. The number of carbonyl (C=O) groups excluding carboxylic acids is 3. The molecule has 4 atom stereocenters. The van der Waals surface area contributed by atoms with Gasteiger partial charge in [0.15, 0.2) is 11.5 Å². The number of benzene rings is 3. The third kappa shape index (κ3) is 3.32. The number of anilines is 2. The summed E-state index contributed by atoms with van der Waals surface area (Å²) < 4.78 is 5.55. The average molecular weight is 546 g/mol.